The second kappa shape index (κ2) is 3.49. The van der Waals surface area contributed by atoms with Crippen molar-refractivity contribution in [2.75, 3.05) is 0 Å². The third-order valence-corrected chi connectivity index (χ3v) is 4.04. The number of H-pyrrole nitrogens is 1. The van der Waals surface area contributed by atoms with Crippen LogP contribution in [0.15, 0.2) is 5.38 Å². The van der Waals surface area contributed by atoms with Crippen molar-refractivity contribution in [3.63, 3.8) is 0 Å². The first-order valence-electron chi connectivity index (χ1n) is 3.96. The van der Waals surface area contributed by atoms with Gasteiger partial charge in [-0.25, -0.2) is 0 Å². The van der Waals surface area contributed by atoms with Crippen molar-refractivity contribution < 1.29 is 0 Å². The first-order valence-corrected chi connectivity index (χ1v) is 5.63. The molecule has 0 atom stereocenters. The Morgan fingerprint density at radius 2 is 2.36 bits per heavy atom. The van der Waals surface area contributed by atoms with Crippen molar-refractivity contribution in [3.05, 3.63) is 20.7 Å². The molecule has 0 aliphatic carbocycles. The van der Waals surface area contributed by atoms with E-state index < -0.39 is 0 Å². The fourth-order valence-corrected chi connectivity index (χ4v) is 2.57. The van der Waals surface area contributed by atoms with Crippen molar-refractivity contribution in [3.8, 4) is 10.7 Å². The largest absolute Gasteiger partial charge is 0.303 e. The second-order valence-electron chi connectivity index (χ2n) is 2.97. The van der Waals surface area contributed by atoms with Crippen LogP contribution in [0.5, 0.6) is 0 Å². The summed E-state index contributed by atoms with van der Waals surface area (Å²) >= 11 is 12.7. The fourth-order valence-electron chi connectivity index (χ4n) is 1.13. The van der Waals surface area contributed by atoms with Crippen LogP contribution < -0.4 is 0 Å². The Kier molecular flexibility index (Phi) is 2.47. The maximum absolute atomic E-state index is 6.13. The van der Waals surface area contributed by atoms with E-state index >= 15 is 0 Å². The number of hydrogen-bond donors (Lipinski definition) is 1. The van der Waals surface area contributed by atoms with E-state index in [1.165, 1.54) is 0 Å². The van der Waals surface area contributed by atoms with Gasteiger partial charge in [-0.3, -0.25) is 5.10 Å². The normalized spacial score (nSPS) is 10.8. The molecule has 6 heteroatoms. The SMILES string of the molecule is Cc1csc(-c2n[nH]c(=S)n2C)c1Cl. The summed E-state index contributed by atoms with van der Waals surface area (Å²) in [6.45, 7) is 1.98. The van der Waals surface area contributed by atoms with E-state index in [0.29, 0.717) is 4.77 Å². The summed E-state index contributed by atoms with van der Waals surface area (Å²) in [6.07, 6.45) is 0. The molecule has 0 saturated heterocycles. The lowest BCUT2D eigenvalue weighted by atomic mass is 10.3. The number of aromatic amines is 1. The van der Waals surface area contributed by atoms with Gasteiger partial charge < -0.3 is 4.57 Å². The maximum atomic E-state index is 6.13. The molecule has 0 saturated carbocycles. The van der Waals surface area contributed by atoms with Crippen molar-refractivity contribution in [1.29, 1.82) is 0 Å². The van der Waals surface area contributed by atoms with Gasteiger partial charge in [0.2, 0.25) is 0 Å². The molecule has 0 bridgehead atoms. The number of thiophene rings is 1. The van der Waals surface area contributed by atoms with E-state index in [1.54, 1.807) is 11.3 Å². The quantitative estimate of drug-likeness (QED) is 0.783. The molecule has 0 amide bonds. The van der Waals surface area contributed by atoms with E-state index in [9.17, 15) is 0 Å². The molecule has 2 aromatic heterocycles. The summed E-state index contributed by atoms with van der Waals surface area (Å²) in [7, 11) is 1.87. The molecule has 0 spiro atoms. The minimum atomic E-state index is 0.599. The average molecular weight is 246 g/mol. The summed E-state index contributed by atoms with van der Waals surface area (Å²) in [5.41, 5.74) is 1.07. The zero-order valence-electron chi connectivity index (χ0n) is 7.67. The Morgan fingerprint density at radius 3 is 2.79 bits per heavy atom. The van der Waals surface area contributed by atoms with Gasteiger partial charge in [-0.05, 0) is 30.1 Å². The first-order chi connectivity index (χ1) is 6.61. The molecule has 0 radical (unpaired) electrons. The van der Waals surface area contributed by atoms with Crippen LogP contribution in [0.25, 0.3) is 10.7 Å². The van der Waals surface area contributed by atoms with Crippen molar-refractivity contribution in [2.24, 2.45) is 7.05 Å². The highest BCUT2D eigenvalue weighted by atomic mass is 35.5. The van der Waals surface area contributed by atoms with Crippen LogP contribution in [0, 0.1) is 11.7 Å². The van der Waals surface area contributed by atoms with Gasteiger partial charge in [0, 0.05) is 7.05 Å². The topological polar surface area (TPSA) is 33.6 Å². The van der Waals surface area contributed by atoms with E-state index in [4.69, 9.17) is 23.8 Å². The molecule has 74 valence electrons. The number of halogens is 1. The lowest BCUT2D eigenvalue weighted by Crippen LogP contribution is -1.90. The summed E-state index contributed by atoms with van der Waals surface area (Å²) < 4.78 is 2.41. The molecule has 0 aliphatic heterocycles. The van der Waals surface area contributed by atoms with Crippen LogP contribution in [0.3, 0.4) is 0 Å². The minimum Gasteiger partial charge on any atom is -0.303 e. The lowest BCUT2D eigenvalue weighted by molar-refractivity contribution is 0.904. The van der Waals surface area contributed by atoms with Crippen molar-refractivity contribution in [1.82, 2.24) is 14.8 Å². The second-order valence-corrected chi connectivity index (χ2v) is 4.62. The van der Waals surface area contributed by atoms with Crippen LogP contribution in [0.2, 0.25) is 5.02 Å². The monoisotopic (exact) mass is 245 g/mol. The fraction of sp³-hybridized carbons (Fsp3) is 0.250. The Balaban J connectivity index is 2.66. The van der Waals surface area contributed by atoms with Crippen LogP contribution in [-0.4, -0.2) is 14.8 Å². The molecule has 0 unspecified atom stereocenters. The molecule has 2 heterocycles. The maximum Gasteiger partial charge on any atom is 0.195 e. The van der Waals surface area contributed by atoms with E-state index in [1.807, 2.05) is 23.9 Å². The summed E-state index contributed by atoms with van der Waals surface area (Å²) in [5, 5.41) is 9.63. The lowest BCUT2D eigenvalue weighted by Gasteiger charge is -1.97. The third-order valence-electron chi connectivity index (χ3n) is 1.98. The standard InChI is InChI=1S/C8H8ClN3S2/c1-4-3-14-6(5(4)9)7-10-11-8(13)12(7)2/h3H,1-2H3,(H,11,13). The minimum absolute atomic E-state index is 0.599. The molecule has 2 rings (SSSR count). The van der Waals surface area contributed by atoms with Gasteiger partial charge in [0.15, 0.2) is 10.6 Å². The van der Waals surface area contributed by atoms with Crippen LogP contribution in [0.4, 0.5) is 0 Å². The van der Waals surface area contributed by atoms with E-state index in [2.05, 4.69) is 10.2 Å². The van der Waals surface area contributed by atoms with Crippen molar-refractivity contribution >= 4 is 35.2 Å². The Morgan fingerprint density at radius 1 is 1.64 bits per heavy atom. The Labute approximate surface area is 95.3 Å². The summed E-state index contributed by atoms with van der Waals surface area (Å²) in [4.78, 5) is 0.957. The van der Waals surface area contributed by atoms with Gasteiger partial charge in [-0.1, -0.05) is 11.6 Å². The van der Waals surface area contributed by atoms with Gasteiger partial charge in [0.1, 0.15) is 0 Å². The van der Waals surface area contributed by atoms with Crippen LogP contribution >= 0.6 is 35.2 Å². The highest BCUT2D eigenvalue weighted by molar-refractivity contribution is 7.71. The highest BCUT2D eigenvalue weighted by Crippen LogP contribution is 2.34. The smallest absolute Gasteiger partial charge is 0.195 e. The van der Waals surface area contributed by atoms with Gasteiger partial charge in [-0.15, -0.1) is 11.3 Å². The molecule has 0 aromatic carbocycles. The van der Waals surface area contributed by atoms with Gasteiger partial charge in [0.25, 0.3) is 0 Å². The van der Waals surface area contributed by atoms with Gasteiger partial charge in [-0.2, -0.15) is 5.10 Å². The number of aromatic nitrogens is 3. The summed E-state index contributed by atoms with van der Waals surface area (Å²) in [5.74, 6) is 0.790. The molecule has 1 N–H and O–H groups in total. The highest BCUT2D eigenvalue weighted by Gasteiger charge is 2.13. The number of rotatable bonds is 1. The first kappa shape index (κ1) is 9.89. The zero-order chi connectivity index (χ0) is 10.3. The number of nitrogens with zero attached hydrogens (tertiary/aromatic N) is 2. The average Bonchev–Trinajstić information content (AvgIpc) is 2.63. The predicted molar refractivity (Wildman–Crippen MR) is 61.5 cm³/mol. The number of hydrogen-bond acceptors (Lipinski definition) is 3. The molecule has 0 fully saturated rings. The summed E-state index contributed by atoms with van der Waals surface area (Å²) in [6, 6.07) is 0. The molecular weight excluding hydrogens is 238 g/mol. The Hall–Kier alpha value is -0.650. The molecular formula is C8H8ClN3S2. The van der Waals surface area contributed by atoms with E-state index in [-0.39, 0.29) is 0 Å². The van der Waals surface area contributed by atoms with Crippen LogP contribution in [0.1, 0.15) is 5.56 Å². The van der Waals surface area contributed by atoms with Crippen molar-refractivity contribution in [2.45, 2.75) is 6.92 Å². The molecule has 2 aromatic rings. The molecule has 3 nitrogen and oxygen atoms in total. The number of nitrogens with one attached hydrogen (secondary N) is 1. The zero-order valence-corrected chi connectivity index (χ0v) is 10.1. The number of aryl methyl sites for hydroxylation is 1. The van der Waals surface area contributed by atoms with E-state index in [0.717, 1.165) is 21.3 Å². The Bertz CT molecular complexity index is 523. The molecule has 14 heavy (non-hydrogen) atoms. The van der Waals surface area contributed by atoms with Gasteiger partial charge >= 0.3 is 0 Å². The van der Waals surface area contributed by atoms with Gasteiger partial charge in [0.05, 0.1) is 9.90 Å². The van der Waals surface area contributed by atoms with Crippen LogP contribution in [-0.2, 0) is 7.05 Å². The third kappa shape index (κ3) is 1.41. The molecule has 0 aliphatic rings. The predicted octanol–water partition coefficient (Wildman–Crippen LogP) is 3.17.